The van der Waals surface area contributed by atoms with E-state index in [0.29, 0.717) is 6.42 Å². The highest BCUT2D eigenvalue weighted by atomic mass is 16.4. The molecular weight excluding hydrogens is 230 g/mol. The van der Waals surface area contributed by atoms with Crippen LogP contribution in [0, 0.1) is 5.92 Å². The number of benzene rings is 1. The van der Waals surface area contributed by atoms with E-state index in [1.165, 1.54) is 4.90 Å². The van der Waals surface area contributed by atoms with Crippen LogP contribution in [-0.2, 0) is 9.59 Å². The number of carbonyl (C=O) groups excluding carboxylic acids is 1. The Morgan fingerprint density at radius 1 is 1.28 bits per heavy atom. The highest BCUT2D eigenvalue weighted by molar-refractivity contribution is 5.94. The lowest BCUT2D eigenvalue weighted by molar-refractivity contribution is -0.143. The van der Waals surface area contributed by atoms with Crippen LogP contribution < -0.4 is 4.90 Å². The van der Waals surface area contributed by atoms with E-state index in [4.69, 9.17) is 5.11 Å². The lowest BCUT2D eigenvalue weighted by Crippen LogP contribution is -2.30. The van der Waals surface area contributed by atoms with Gasteiger partial charge in [-0.05, 0) is 18.6 Å². The van der Waals surface area contributed by atoms with Gasteiger partial charge in [0.15, 0.2) is 0 Å². The Morgan fingerprint density at radius 2 is 1.89 bits per heavy atom. The van der Waals surface area contributed by atoms with Gasteiger partial charge in [-0.25, -0.2) is 0 Å². The highest BCUT2D eigenvalue weighted by Gasteiger charge is 2.22. The van der Waals surface area contributed by atoms with Gasteiger partial charge in [0.05, 0.1) is 5.92 Å². The lowest BCUT2D eigenvalue weighted by Gasteiger charge is -2.19. The van der Waals surface area contributed by atoms with Crippen LogP contribution in [-0.4, -0.2) is 24.0 Å². The van der Waals surface area contributed by atoms with E-state index in [1.807, 2.05) is 37.3 Å². The molecule has 4 heteroatoms. The first-order valence-electron chi connectivity index (χ1n) is 6.10. The summed E-state index contributed by atoms with van der Waals surface area (Å²) in [6.07, 6.45) is 1.34. The van der Waals surface area contributed by atoms with E-state index < -0.39 is 11.9 Å². The second kappa shape index (κ2) is 6.79. The minimum Gasteiger partial charge on any atom is -0.481 e. The molecule has 0 spiro atoms. The molecule has 0 saturated heterocycles. The molecule has 4 nitrogen and oxygen atoms in total. The van der Waals surface area contributed by atoms with Gasteiger partial charge in [0.1, 0.15) is 0 Å². The molecule has 1 unspecified atom stereocenters. The van der Waals surface area contributed by atoms with Crippen molar-refractivity contribution in [3.05, 3.63) is 30.3 Å². The standard InChI is InChI=1S/C14H19NO3/c1-3-7-11(14(17)18)10-13(16)15(2)12-8-5-4-6-9-12/h4-6,8-9,11H,3,7,10H2,1-2H3,(H,17,18). The van der Waals surface area contributed by atoms with Crippen LogP contribution in [0.1, 0.15) is 26.2 Å². The smallest absolute Gasteiger partial charge is 0.307 e. The Labute approximate surface area is 107 Å². The van der Waals surface area contributed by atoms with Crippen LogP contribution in [0.3, 0.4) is 0 Å². The molecule has 18 heavy (non-hydrogen) atoms. The average molecular weight is 249 g/mol. The molecule has 0 aromatic heterocycles. The molecule has 1 rings (SSSR count). The van der Waals surface area contributed by atoms with Crippen molar-refractivity contribution in [2.24, 2.45) is 5.92 Å². The minimum atomic E-state index is -0.897. The summed E-state index contributed by atoms with van der Waals surface area (Å²) in [5, 5.41) is 9.03. The van der Waals surface area contributed by atoms with Crippen LogP contribution >= 0.6 is 0 Å². The number of carboxylic acid groups (broad SMARTS) is 1. The molecule has 1 N–H and O–H groups in total. The van der Waals surface area contributed by atoms with E-state index >= 15 is 0 Å². The number of amides is 1. The molecular formula is C14H19NO3. The number of carboxylic acids is 1. The number of aliphatic carboxylic acids is 1. The van der Waals surface area contributed by atoms with Crippen LogP contribution in [0.15, 0.2) is 30.3 Å². The SMILES string of the molecule is CCCC(CC(=O)N(C)c1ccccc1)C(=O)O. The maximum absolute atomic E-state index is 12.0. The molecule has 1 amide bonds. The lowest BCUT2D eigenvalue weighted by atomic mass is 9.99. The molecule has 1 aromatic carbocycles. The summed E-state index contributed by atoms with van der Waals surface area (Å²) in [7, 11) is 1.67. The summed E-state index contributed by atoms with van der Waals surface area (Å²) in [5.74, 6) is -1.65. The quantitative estimate of drug-likeness (QED) is 0.842. The largest absolute Gasteiger partial charge is 0.481 e. The Kier molecular flexibility index (Phi) is 5.36. The summed E-state index contributed by atoms with van der Waals surface area (Å²) in [6.45, 7) is 1.92. The predicted molar refractivity (Wildman–Crippen MR) is 70.5 cm³/mol. The van der Waals surface area contributed by atoms with Gasteiger partial charge in [-0.3, -0.25) is 9.59 Å². The summed E-state index contributed by atoms with van der Waals surface area (Å²) >= 11 is 0. The van der Waals surface area contributed by atoms with Gasteiger partial charge >= 0.3 is 5.97 Å². The molecule has 0 fully saturated rings. The maximum Gasteiger partial charge on any atom is 0.307 e. The van der Waals surface area contributed by atoms with Gasteiger partial charge in [0.2, 0.25) is 5.91 Å². The zero-order valence-electron chi connectivity index (χ0n) is 10.8. The van der Waals surface area contributed by atoms with Crippen molar-refractivity contribution in [2.75, 3.05) is 11.9 Å². The van der Waals surface area contributed by atoms with Crippen molar-refractivity contribution in [3.8, 4) is 0 Å². The van der Waals surface area contributed by atoms with E-state index in [1.54, 1.807) is 7.05 Å². The summed E-state index contributed by atoms with van der Waals surface area (Å²) in [5.41, 5.74) is 0.781. The minimum absolute atomic E-state index is 0.0502. The average Bonchev–Trinajstić information content (AvgIpc) is 2.38. The van der Waals surface area contributed by atoms with Crippen LogP contribution in [0.25, 0.3) is 0 Å². The van der Waals surface area contributed by atoms with E-state index in [0.717, 1.165) is 12.1 Å². The van der Waals surface area contributed by atoms with Gasteiger partial charge in [0.25, 0.3) is 0 Å². The molecule has 1 aromatic rings. The number of rotatable bonds is 6. The van der Waals surface area contributed by atoms with Gasteiger partial charge < -0.3 is 10.0 Å². The molecule has 0 radical (unpaired) electrons. The molecule has 0 aliphatic rings. The second-order valence-electron chi connectivity index (χ2n) is 4.32. The molecule has 1 atom stereocenters. The summed E-state index contributed by atoms with van der Waals surface area (Å²) in [4.78, 5) is 24.5. The maximum atomic E-state index is 12.0. The number of carbonyl (C=O) groups is 2. The number of hydrogen-bond donors (Lipinski definition) is 1. The fraction of sp³-hybridized carbons (Fsp3) is 0.429. The normalized spacial score (nSPS) is 11.9. The Hall–Kier alpha value is -1.84. The van der Waals surface area contributed by atoms with Crippen LogP contribution in [0.4, 0.5) is 5.69 Å². The zero-order valence-corrected chi connectivity index (χ0v) is 10.8. The predicted octanol–water partition coefficient (Wildman–Crippen LogP) is 2.54. The van der Waals surface area contributed by atoms with E-state index in [-0.39, 0.29) is 12.3 Å². The van der Waals surface area contributed by atoms with Crippen LogP contribution in [0.5, 0.6) is 0 Å². The summed E-state index contributed by atoms with van der Waals surface area (Å²) in [6, 6.07) is 9.22. The third kappa shape index (κ3) is 3.87. The third-order valence-electron chi connectivity index (χ3n) is 2.92. The molecule has 0 aliphatic heterocycles. The number of hydrogen-bond acceptors (Lipinski definition) is 2. The van der Waals surface area contributed by atoms with Crippen molar-refractivity contribution < 1.29 is 14.7 Å². The molecule has 0 aliphatic carbocycles. The second-order valence-corrected chi connectivity index (χ2v) is 4.32. The highest BCUT2D eigenvalue weighted by Crippen LogP contribution is 2.17. The van der Waals surface area contributed by atoms with E-state index in [9.17, 15) is 9.59 Å². The van der Waals surface area contributed by atoms with Crippen molar-refractivity contribution in [1.82, 2.24) is 0 Å². The van der Waals surface area contributed by atoms with Crippen molar-refractivity contribution in [2.45, 2.75) is 26.2 Å². The Bertz CT molecular complexity index is 403. The fourth-order valence-corrected chi connectivity index (χ4v) is 1.80. The molecule has 0 bridgehead atoms. The summed E-state index contributed by atoms with van der Waals surface area (Å²) < 4.78 is 0. The third-order valence-corrected chi connectivity index (χ3v) is 2.92. The first-order chi connectivity index (χ1) is 8.56. The van der Waals surface area contributed by atoms with Crippen molar-refractivity contribution >= 4 is 17.6 Å². The molecule has 98 valence electrons. The number of nitrogens with zero attached hydrogens (tertiary/aromatic N) is 1. The molecule has 0 saturated carbocycles. The van der Waals surface area contributed by atoms with E-state index in [2.05, 4.69) is 0 Å². The van der Waals surface area contributed by atoms with Gasteiger partial charge in [-0.1, -0.05) is 31.5 Å². The first kappa shape index (κ1) is 14.2. The van der Waals surface area contributed by atoms with Crippen molar-refractivity contribution in [3.63, 3.8) is 0 Å². The topological polar surface area (TPSA) is 57.6 Å². The van der Waals surface area contributed by atoms with Gasteiger partial charge in [-0.15, -0.1) is 0 Å². The molecule has 0 heterocycles. The first-order valence-corrected chi connectivity index (χ1v) is 6.10. The Morgan fingerprint density at radius 3 is 2.39 bits per heavy atom. The van der Waals surface area contributed by atoms with Gasteiger partial charge in [0, 0.05) is 19.2 Å². The number of anilines is 1. The van der Waals surface area contributed by atoms with Crippen molar-refractivity contribution in [1.29, 1.82) is 0 Å². The number of para-hydroxylation sites is 1. The van der Waals surface area contributed by atoms with Crippen LogP contribution in [0.2, 0.25) is 0 Å². The Balaban J connectivity index is 2.67. The fourth-order valence-electron chi connectivity index (χ4n) is 1.80. The zero-order chi connectivity index (χ0) is 13.5. The monoisotopic (exact) mass is 249 g/mol. The van der Waals surface area contributed by atoms with Gasteiger partial charge in [-0.2, -0.15) is 0 Å².